The van der Waals surface area contributed by atoms with Crippen molar-refractivity contribution in [3.63, 3.8) is 0 Å². The third kappa shape index (κ3) is 4.44. The fraction of sp³-hybridized carbons (Fsp3) is 0.462. The molecule has 4 nitrogen and oxygen atoms in total. The smallest absolute Gasteiger partial charge is 0.338 e. The first-order valence-electron chi connectivity index (χ1n) is 5.51. The molecule has 0 aliphatic rings. The molecule has 4 heteroatoms. The Balaban J connectivity index is 2.41. The highest BCUT2D eigenvalue weighted by atomic mass is 16.5. The molecule has 0 amide bonds. The Labute approximate surface area is 101 Å². The highest BCUT2D eigenvalue weighted by molar-refractivity contribution is 5.89. The maximum atomic E-state index is 11.6. The SMILES string of the molecule is COc1ccc(C(=O)OCC[C@@H](C)OC)cc1. The van der Waals surface area contributed by atoms with Gasteiger partial charge in [0.05, 0.1) is 25.4 Å². The third-order valence-electron chi connectivity index (χ3n) is 2.49. The van der Waals surface area contributed by atoms with Gasteiger partial charge < -0.3 is 14.2 Å². The Bertz CT molecular complexity index is 345. The molecule has 0 saturated heterocycles. The fourth-order valence-electron chi connectivity index (χ4n) is 1.25. The number of carbonyl (C=O) groups is 1. The van der Waals surface area contributed by atoms with Crippen LogP contribution in [0.25, 0.3) is 0 Å². The van der Waals surface area contributed by atoms with E-state index in [9.17, 15) is 4.79 Å². The second-order valence-electron chi connectivity index (χ2n) is 3.70. The van der Waals surface area contributed by atoms with Crippen LogP contribution in [-0.2, 0) is 9.47 Å². The number of ether oxygens (including phenoxy) is 3. The molecule has 0 aromatic heterocycles. The Morgan fingerprint density at radius 3 is 2.41 bits per heavy atom. The van der Waals surface area contributed by atoms with Gasteiger partial charge in [-0.15, -0.1) is 0 Å². The summed E-state index contributed by atoms with van der Waals surface area (Å²) >= 11 is 0. The average molecular weight is 238 g/mol. The number of rotatable bonds is 6. The first-order valence-corrected chi connectivity index (χ1v) is 5.51. The summed E-state index contributed by atoms with van der Waals surface area (Å²) in [6.45, 7) is 2.29. The van der Waals surface area contributed by atoms with E-state index in [0.29, 0.717) is 18.6 Å². The second kappa shape index (κ2) is 6.91. The molecule has 1 rings (SSSR count). The molecule has 1 atom stereocenters. The third-order valence-corrected chi connectivity index (χ3v) is 2.49. The number of carbonyl (C=O) groups excluding carboxylic acids is 1. The Kier molecular flexibility index (Phi) is 5.49. The van der Waals surface area contributed by atoms with E-state index in [0.717, 1.165) is 5.75 Å². The molecule has 0 aliphatic heterocycles. The first-order chi connectivity index (χ1) is 8.17. The van der Waals surface area contributed by atoms with Crippen LogP contribution in [0.4, 0.5) is 0 Å². The zero-order chi connectivity index (χ0) is 12.7. The summed E-state index contributed by atoms with van der Waals surface area (Å²) < 4.78 is 15.2. The zero-order valence-electron chi connectivity index (χ0n) is 10.4. The molecule has 0 bridgehead atoms. The Morgan fingerprint density at radius 1 is 1.24 bits per heavy atom. The monoisotopic (exact) mass is 238 g/mol. The van der Waals surface area contributed by atoms with Gasteiger partial charge in [-0.2, -0.15) is 0 Å². The van der Waals surface area contributed by atoms with Gasteiger partial charge in [0.1, 0.15) is 5.75 Å². The number of hydrogen-bond acceptors (Lipinski definition) is 4. The van der Waals surface area contributed by atoms with Crippen molar-refractivity contribution in [3.05, 3.63) is 29.8 Å². The van der Waals surface area contributed by atoms with E-state index < -0.39 is 0 Å². The molecular weight excluding hydrogens is 220 g/mol. The van der Waals surface area contributed by atoms with Gasteiger partial charge in [0.2, 0.25) is 0 Å². The van der Waals surface area contributed by atoms with E-state index in [4.69, 9.17) is 14.2 Å². The summed E-state index contributed by atoms with van der Waals surface area (Å²) in [5.74, 6) is 0.394. The predicted octanol–water partition coefficient (Wildman–Crippen LogP) is 2.28. The van der Waals surface area contributed by atoms with Crippen molar-refractivity contribution in [2.24, 2.45) is 0 Å². The van der Waals surface area contributed by atoms with Crippen LogP contribution in [0.3, 0.4) is 0 Å². The minimum Gasteiger partial charge on any atom is -0.497 e. The number of esters is 1. The molecule has 0 unspecified atom stereocenters. The second-order valence-corrected chi connectivity index (χ2v) is 3.70. The van der Waals surface area contributed by atoms with Gasteiger partial charge in [-0.25, -0.2) is 4.79 Å². The lowest BCUT2D eigenvalue weighted by atomic mass is 10.2. The largest absolute Gasteiger partial charge is 0.497 e. The molecule has 0 aliphatic carbocycles. The van der Waals surface area contributed by atoms with Crippen LogP contribution < -0.4 is 4.74 Å². The quantitative estimate of drug-likeness (QED) is 0.713. The molecule has 0 saturated carbocycles. The summed E-state index contributed by atoms with van der Waals surface area (Å²) in [6, 6.07) is 6.82. The maximum absolute atomic E-state index is 11.6. The van der Waals surface area contributed by atoms with Crippen molar-refractivity contribution < 1.29 is 19.0 Å². The molecule has 0 fully saturated rings. The van der Waals surface area contributed by atoms with Gasteiger partial charge in [-0.05, 0) is 31.2 Å². The molecule has 0 N–H and O–H groups in total. The average Bonchev–Trinajstić information content (AvgIpc) is 2.38. The van der Waals surface area contributed by atoms with Gasteiger partial charge in [0.15, 0.2) is 0 Å². The van der Waals surface area contributed by atoms with Gasteiger partial charge in [-0.1, -0.05) is 0 Å². The van der Waals surface area contributed by atoms with Crippen LogP contribution in [0.2, 0.25) is 0 Å². The van der Waals surface area contributed by atoms with E-state index in [-0.39, 0.29) is 12.1 Å². The summed E-state index contributed by atoms with van der Waals surface area (Å²) in [5, 5.41) is 0. The van der Waals surface area contributed by atoms with Crippen LogP contribution in [0, 0.1) is 0 Å². The van der Waals surface area contributed by atoms with E-state index >= 15 is 0 Å². The molecule has 1 aromatic carbocycles. The van der Waals surface area contributed by atoms with E-state index in [1.165, 1.54) is 0 Å². The summed E-state index contributed by atoms with van der Waals surface area (Å²) in [7, 11) is 3.22. The van der Waals surface area contributed by atoms with E-state index in [2.05, 4.69) is 0 Å². The lowest BCUT2D eigenvalue weighted by Gasteiger charge is -2.09. The summed E-state index contributed by atoms with van der Waals surface area (Å²) in [4.78, 5) is 11.6. The highest BCUT2D eigenvalue weighted by Gasteiger charge is 2.08. The van der Waals surface area contributed by atoms with Crippen molar-refractivity contribution >= 4 is 5.97 Å². The Morgan fingerprint density at radius 2 is 1.88 bits per heavy atom. The lowest BCUT2D eigenvalue weighted by Crippen LogP contribution is -2.12. The van der Waals surface area contributed by atoms with Crippen LogP contribution in [-0.4, -0.2) is 32.9 Å². The van der Waals surface area contributed by atoms with Gasteiger partial charge in [0, 0.05) is 13.5 Å². The molecule has 0 radical (unpaired) electrons. The van der Waals surface area contributed by atoms with Crippen molar-refractivity contribution in [2.45, 2.75) is 19.4 Å². The molecular formula is C13H18O4. The van der Waals surface area contributed by atoms with E-state index in [1.807, 2.05) is 6.92 Å². The van der Waals surface area contributed by atoms with Gasteiger partial charge in [0.25, 0.3) is 0 Å². The standard InChI is InChI=1S/C13H18O4/c1-10(15-2)8-9-17-13(14)11-4-6-12(16-3)7-5-11/h4-7,10H,8-9H2,1-3H3/t10-/m1/s1. The molecule has 1 aromatic rings. The Hall–Kier alpha value is -1.55. The number of hydrogen-bond donors (Lipinski definition) is 0. The van der Waals surface area contributed by atoms with Crippen molar-refractivity contribution in [2.75, 3.05) is 20.8 Å². The maximum Gasteiger partial charge on any atom is 0.338 e. The summed E-state index contributed by atoms with van der Waals surface area (Å²) in [6.07, 6.45) is 0.789. The first kappa shape index (κ1) is 13.5. The van der Waals surface area contributed by atoms with Crippen molar-refractivity contribution in [1.29, 1.82) is 0 Å². The van der Waals surface area contributed by atoms with Crippen molar-refractivity contribution in [3.8, 4) is 5.75 Å². The number of benzene rings is 1. The normalized spacial score (nSPS) is 11.9. The summed E-state index contributed by atoms with van der Waals surface area (Å²) in [5.41, 5.74) is 0.524. The highest BCUT2D eigenvalue weighted by Crippen LogP contribution is 2.12. The minimum absolute atomic E-state index is 0.0960. The van der Waals surface area contributed by atoms with Crippen LogP contribution >= 0.6 is 0 Å². The predicted molar refractivity (Wildman–Crippen MR) is 64.4 cm³/mol. The van der Waals surface area contributed by atoms with Crippen LogP contribution in [0.1, 0.15) is 23.7 Å². The molecule has 0 heterocycles. The molecule has 94 valence electrons. The lowest BCUT2D eigenvalue weighted by molar-refractivity contribution is 0.0391. The zero-order valence-corrected chi connectivity index (χ0v) is 10.4. The van der Waals surface area contributed by atoms with Crippen LogP contribution in [0.5, 0.6) is 5.75 Å². The topological polar surface area (TPSA) is 44.8 Å². The van der Waals surface area contributed by atoms with Gasteiger partial charge >= 0.3 is 5.97 Å². The molecule has 0 spiro atoms. The van der Waals surface area contributed by atoms with Gasteiger partial charge in [-0.3, -0.25) is 0 Å². The number of methoxy groups -OCH3 is 2. The minimum atomic E-state index is -0.323. The fourth-order valence-corrected chi connectivity index (χ4v) is 1.25. The van der Waals surface area contributed by atoms with Crippen molar-refractivity contribution in [1.82, 2.24) is 0 Å². The molecule has 17 heavy (non-hydrogen) atoms. The van der Waals surface area contributed by atoms with Crippen LogP contribution in [0.15, 0.2) is 24.3 Å². The van der Waals surface area contributed by atoms with E-state index in [1.54, 1.807) is 38.5 Å².